The van der Waals surface area contributed by atoms with Crippen molar-refractivity contribution in [2.24, 2.45) is 11.7 Å². The molecule has 1 heterocycles. The number of nitrogens with two attached hydrogens (primary N) is 1. The van der Waals surface area contributed by atoms with Crippen molar-refractivity contribution in [1.82, 2.24) is 21.3 Å². The predicted molar refractivity (Wildman–Crippen MR) is 159 cm³/mol. The molecule has 0 aromatic carbocycles. The summed E-state index contributed by atoms with van der Waals surface area (Å²) < 4.78 is 0. The zero-order valence-electron chi connectivity index (χ0n) is 25.1. The summed E-state index contributed by atoms with van der Waals surface area (Å²) in [6, 6.07) is -1.78. The van der Waals surface area contributed by atoms with E-state index in [4.69, 9.17) is 5.73 Å². The third kappa shape index (κ3) is 14.5. The second-order valence-electron chi connectivity index (χ2n) is 12.0. The number of amides is 4. The van der Waals surface area contributed by atoms with Crippen LogP contribution in [0.2, 0.25) is 0 Å². The van der Waals surface area contributed by atoms with Crippen LogP contribution in [0, 0.1) is 5.92 Å². The van der Waals surface area contributed by atoms with Crippen LogP contribution in [0.3, 0.4) is 0 Å². The number of rotatable bonds is 16. The highest BCUT2D eigenvalue weighted by Crippen LogP contribution is 2.27. The molecule has 1 saturated heterocycles. The Bertz CT molecular complexity index is 756. The van der Waals surface area contributed by atoms with Crippen LogP contribution in [0.15, 0.2) is 0 Å². The van der Waals surface area contributed by atoms with Crippen molar-refractivity contribution >= 4 is 23.6 Å². The third-order valence-corrected chi connectivity index (χ3v) is 8.41. The molecule has 2 rings (SSSR count). The van der Waals surface area contributed by atoms with E-state index < -0.39 is 18.0 Å². The SMILES string of the molecule is CCCCCCCCCCCC1CC(=O)NCC(=O)N[C@@H](CCCCN)C(=O)NC(CC2CCCCC2)C(=O)N1. The lowest BCUT2D eigenvalue weighted by Crippen LogP contribution is -2.55. The molecular formula is C31H57N5O4. The van der Waals surface area contributed by atoms with Gasteiger partial charge in [-0.25, -0.2) is 0 Å². The van der Waals surface area contributed by atoms with Gasteiger partial charge in [0, 0.05) is 12.5 Å². The number of unbranched alkanes of at least 4 members (excludes halogenated alkanes) is 9. The van der Waals surface area contributed by atoms with E-state index in [1.54, 1.807) is 0 Å². The first-order chi connectivity index (χ1) is 19.4. The summed E-state index contributed by atoms with van der Waals surface area (Å²) in [5, 5.41) is 11.5. The summed E-state index contributed by atoms with van der Waals surface area (Å²) in [4.78, 5) is 52.2. The van der Waals surface area contributed by atoms with Gasteiger partial charge in [0.25, 0.3) is 0 Å². The second kappa shape index (κ2) is 20.7. The monoisotopic (exact) mass is 563 g/mol. The van der Waals surface area contributed by atoms with Gasteiger partial charge in [0.05, 0.1) is 6.54 Å². The normalized spacial score (nSPS) is 23.7. The fraction of sp³-hybridized carbons (Fsp3) is 0.871. The maximum absolute atomic E-state index is 13.6. The molecule has 1 saturated carbocycles. The molecule has 40 heavy (non-hydrogen) atoms. The van der Waals surface area contributed by atoms with Crippen molar-refractivity contribution in [2.45, 2.75) is 153 Å². The number of carbonyl (C=O) groups excluding carboxylic acids is 4. The van der Waals surface area contributed by atoms with E-state index >= 15 is 0 Å². The number of nitrogens with one attached hydrogen (secondary N) is 4. The number of hydrogen-bond acceptors (Lipinski definition) is 5. The molecule has 9 heteroatoms. The Morgan fingerprint density at radius 3 is 1.98 bits per heavy atom. The van der Waals surface area contributed by atoms with Crippen LogP contribution < -0.4 is 27.0 Å². The smallest absolute Gasteiger partial charge is 0.243 e. The van der Waals surface area contributed by atoms with Crippen molar-refractivity contribution in [2.75, 3.05) is 13.1 Å². The highest BCUT2D eigenvalue weighted by atomic mass is 16.2. The molecule has 0 bridgehead atoms. The van der Waals surface area contributed by atoms with Crippen LogP contribution in [0.25, 0.3) is 0 Å². The van der Waals surface area contributed by atoms with Gasteiger partial charge in [0.2, 0.25) is 23.6 Å². The van der Waals surface area contributed by atoms with Gasteiger partial charge in [-0.2, -0.15) is 0 Å². The average molecular weight is 564 g/mol. The highest BCUT2D eigenvalue weighted by Gasteiger charge is 2.31. The first-order valence-electron chi connectivity index (χ1n) is 16.3. The molecule has 0 radical (unpaired) electrons. The maximum atomic E-state index is 13.6. The summed E-state index contributed by atoms with van der Waals surface area (Å²) in [5.74, 6) is -0.858. The zero-order valence-corrected chi connectivity index (χ0v) is 25.1. The molecule has 230 valence electrons. The average Bonchev–Trinajstić information content (AvgIpc) is 2.94. The van der Waals surface area contributed by atoms with Crippen LogP contribution in [0.5, 0.6) is 0 Å². The minimum absolute atomic E-state index is 0.125. The van der Waals surface area contributed by atoms with Gasteiger partial charge in [-0.3, -0.25) is 19.2 Å². The largest absolute Gasteiger partial charge is 0.351 e. The van der Waals surface area contributed by atoms with E-state index in [9.17, 15) is 19.2 Å². The lowest BCUT2D eigenvalue weighted by atomic mass is 9.84. The Hall–Kier alpha value is -2.16. The molecule has 1 aliphatic heterocycles. The summed E-state index contributed by atoms with van der Waals surface area (Å²) in [5.41, 5.74) is 5.63. The molecule has 6 N–H and O–H groups in total. The first kappa shape index (κ1) is 34.0. The van der Waals surface area contributed by atoms with Crippen LogP contribution in [-0.4, -0.2) is 54.8 Å². The van der Waals surface area contributed by atoms with Crippen LogP contribution >= 0.6 is 0 Å². The minimum atomic E-state index is -0.767. The van der Waals surface area contributed by atoms with Crippen LogP contribution in [0.1, 0.15) is 135 Å². The second-order valence-corrected chi connectivity index (χ2v) is 12.0. The summed E-state index contributed by atoms with van der Waals surface area (Å²) in [6.07, 6.45) is 19.7. The van der Waals surface area contributed by atoms with Gasteiger partial charge in [-0.05, 0) is 44.6 Å². The molecule has 1 aliphatic carbocycles. The minimum Gasteiger partial charge on any atom is -0.351 e. The van der Waals surface area contributed by atoms with E-state index in [1.165, 1.54) is 44.9 Å². The molecular weight excluding hydrogens is 506 g/mol. The maximum Gasteiger partial charge on any atom is 0.243 e. The quantitative estimate of drug-likeness (QED) is 0.181. The van der Waals surface area contributed by atoms with Crippen molar-refractivity contribution in [3.05, 3.63) is 0 Å². The molecule has 4 amide bonds. The Kier molecular flexibility index (Phi) is 17.6. The van der Waals surface area contributed by atoms with Crippen molar-refractivity contribution in [3.63, 3.8) is 0 Å². The molecule has 2 unspecified atom stereocenters. The molecule has 3 atom stereocenters. The molecule has 0 spiro atoms. The van der Waals surface area contributed by atoms with E-state index in [-0.39, 0.29) is 36.7 Å². The van der Waals surface area contributed by atoms with E-state index in [1.807, 2.05) is 0 Å². The molecule has 2 fully saturated rings. The Morgan fingerprint density at radius 2 is 1.30 bits per heavy atom. The lowest BCUT2D eigenvalue weighted by molar-refractivity contribution is -0.132. The van der Waals surface area contributed by atoms with Crippen LogP contribution in [-0.2, 0) is 19.2 Å². The standard InChI is InChI=1S/C31H57N5O4/c1-2-3-4-5-6-7-8-9-13-18-25-22-28(37)33-23-29(38)35-26(19-14-15-20-32)30(39)36-27(31(40)34-25)21-24-16-11-10-12-17-24/h24-27H,2-23,32H2,1H3,(H,33,37)(H,34,40)(H,35,38)(H,36,39)/t25?,26-,27?/m0/s1. The summed E-state index contributed by atoms with van der Waals surface area (Å²) in [7, 11) is 0. The van der Waals surface area contributed by atoms with Crippen molar-refractivity contribution < 1.29 is 19.2 Å². The topological polar surface area (TPSA) is 142 Å². The fourth-order valence-electron chi connectivity index (χ4n) is 5.97. The van der Waals surface area contributed by atoms with Crippen molar-refractivity contribution in [1.29, 1.82) is 0 Å². The summed E-state index contributed by atoms with van der Waals surface area (Å²) >= 11 is 0. The molecule has 0 aromatic rings. The number of hydrogen-bond donors (Lipinski definition) is 5. The third-order valence-electron chi connectivity index (χ3n) is 8.41. The van der Waals surface area contributed by atoms with Gasteiger partial charge in [-0.15, -0.1) is 0 Å². The fourth-order valence-corrected chi connectivity index (χ4v) is 5.97. The van der Waals surface area contributed by atoms with Gasteiger partial charge in [0.15, 0.2) is 0 Å². The lowest BCUT2D eigenvalue weighted by Gasteiger charge is -2.29. The van der Waals surface area contributed by atoms with Gasteiger partial charge in [0.1, 0.15) is 12.1 Å². The highest BCUT2D eigenvalue weighted by molar-refractivity contribution is 5.93. The molecule has 2 aliphatic rings. The van der Waals surface area contributed by atoms with Crippen LogP contribution in [0.4, 0.5) is 0 Å². The van der Waals surface area contributed by atoms with E-state index in [0.29, 0.717) is 38.1 Å². The van der Waals surface area contributed by atoms with E-state index in [2.05, 4.69) is 28.2 Å². The first-order valence-corrected chi connectivity index (χ1v) is 16.3. The zero-order chi connectivity index (χ0) is 29.0. The number of carbonyl (C=O) groups is 4. The Morgan fingerprint density at radius 1 is 0.675 bits per heavy atom. The van der Waals surface area contributed by atoms with Gasteiger partial charge < -0.3 is 27.0 Å². The summed E-state index contributed by atoms with van der Waals surface area (Å²) in [6.45, 7) is 2.54. The van der Waals surface area contributed by atoms with Gasteiger partial charge >= 0.3 is 0 Å². The van der Waals surface area contributed by atoms with Gasteiger partial charge in [-0.1, -0.05) is 96.8 Å². The molecule has 0 aromatic heterocycles. The predicted octanol–water partition coefficient (Wildman–Crippen LogP) is 3.98. The van der Waals surface area contributed by atoms with E-state index in [0.717, 1.165) is 51.4 Å². The molecule has 9 nitrogen and oxygen atoms in total. The Balaban J connectivity index is 2.05. The Labute approximate surface area is 242 Å². The van der Waals surface area contributed by atoms with Crippen molar-refractivity contribution in [3.8, 4) is 0 Å².